The summed E-state index contributed by atoms with van der Waals surface area (Å²) in [6.07, 6.45) is 3.15. The molecule has 0 saturated carbocycles. The van der Waals surface area contributed by atoms with E-state index in [0.29, 0.717) is 29.3 Å². The molecule has 6 nitrogen and oxygen atoms in total. The van der Waals surface area contributed by atoms with Crippen molar-refractivity contribution >= 4 is 66.6 Å². The third-order valence-electron chi connectivity index (χ3n) is 5.10. The molecule has 10 heteroatoms. The number of fused-ring (bicyclic) bond motifs is 1. The molecule has 1 amide bonds. The van der Waals surface area contributed by atoms with Crippen molar-refractivity contribution in [3.63, 3.8) is 0 Å². The van der Waals surface area contributed by atoms with Crippen LogP contribution in [0.5, 0.6) is 0 Å². The molecular formula is C22H28ClN3O3S3. The number of benzene rings is 2. The van der Waals surface area contributed by atoms with Crippen molar-refractivity contribution in [2.75, 3.05) is 43.6 Å². The Morgan fingerprint density at radius 1 is 1.09 bits per heavy atom. The highest BCUT2D eigenvalue weighted by atomic mass is 35.5. The summed E-state index contributed by atoms with van der Waals surface area (Å²) in [6.45, 7) is 7.13. The van der Waals surface area contributed by atoms with E-state index in [9.17, 15) is 13.2 Å². The number of sulfone groups is 1. The second-order valence-corrected chi connectivity index (χ2v) is 11.0. The van der Waals surface area contributed by atoms with E-state index in [4.69, 9.17) is 0 Å². The molecule has 0 spiro atoms. The number of hydrogen-bond donors (Lipinski definition) is 0. The zero-order chi connectivity index (χ0) is 22.6. The number of thiazole rings is 1. The first kappa shape index (κ1) is 26.6. The molecule has 0 unspecified atom stereocenters. The summed E-state index contributed by atoms with van der Waals surface area (Å²) < 4.78 is 25.2. The predicted octanol–water partition coefficient (Wildman–Crippen LogP) is 4.83. The van der Waals surface area contributed by atoms with E-state index in [1.165, 1.54) is 17.6 Å². The van der Waals surface area contributed by atoms with Crippen molar-refractivity contribution in [2.45, 2.75) is 23.6 Å². The van der Waals surface area contributed by atoms with Crippen LogP contribution in [0.25, 0.3) is 10.2 Å². The Balaban J connectivity index is 0.00000363. The van der Waals surface area contributed by atoms with Crippen LogP contribution in [0.3, 0.4) is 0 Å². The Bertz CT molecular complexity index is 1180. The highest BCUT2D eigenvalue weighted by Gasteiger charge is 2.24. The minimum absolute atomic E-state index is 0. The van der Waals surface area contributed by atoms with Gasteiger partial charge in [0.2, 0.25) is 0 Å². The minimum Gasteiger partial charge on any atom is -0.302 e. The number of aromatic nitrogens is 1. The summed E-state index contributed by atoms with van der Waals surface area (Å²) >= 11 is 2.92. The molecule has 0 fully saturated rings. The maximum Gasteiger partial charge on any atom is 0.260 e. The molecule has 174 valence electrons. The monoisotopic (exact) mass is 513 g/mol. The molecule has 2 aromatic carbocycles. The number of carbonyl (C=O) groups excluding carboxylic acids is 1. The van der Waals surface area contributed by atoms with Gasteiger partial charge < -0.3 is 4.90 Å². The van der Waals surface area contributed by atoms with E-state index < -0.39 is 9.84 Å². The Morgan fingerprint density at radius 2 is 1.78 bits per heavy atom. The predicted molar refractivity (Wildman–Crippen MR) is 138 cm³/mol. The fraction of sp³-hybridized carbons (Fsp3) is 0.364. The van der Waals surface area contributed by atoms with Crippen molar-refractivity contribution < 1.29 is 13.2 Å². The number of hydrogen-bond acceptors (Lipinski definition) is 7. The van der Waals surface area contributed by atoms with E-state index in [1.807, 2.05) is 36.6 Å². The number of anilines is 1. The lowest BCUT2D eigenvalue weighted by Gasteiger charge is -2.25. The average Bonchev–Trinajstić information content (AvgIpc) is 3.19. The first-order valence-corrected chi connectivity index (χ1v) is 14.0. The highest BCUT2D eigenvalue weighted by molar-refractivity contribution is 7.98. The van der Waals surface area contributed by atoms with E-state index in [1.54, 1.807) is 28.8 Å². The van der Waals surface area contributed by atoms with Crippen LogP contribution < -0.4 is 4.90 Å². The van der Waals surface area contributed by atoms with Crippen LogP contribution in [-0.4, -0.2) is 62.9 Å². The van der Waals surface area contributed by atoms with Gasteiger partial charge in [0, 0.05) is 29.8 Å². The van der Waals surface area contributed by atoms with Gasteiger partial charge in [-0.1, -0.05) is 37.3 Å². The van der Waals surface area contributed by atoms with Crippen molar-refractivity contribution in [3.05, 3.63) is 48.0 Å². The summed E-state index contributed by atoms with van der Waals surface area (Å²) in [5, 5.41) is 0.512. The van der Waals surface area contributed by atoms with Gasteiger partial charge in [0.25, 0.3) is 5.91 Å². The summed E-state index contributed by atoms with van der Waals surface area (Å²) in [5.41, 5.74) is 1.01. The van der Waals surface area contributed by atoms with Crippen molar-refractivity contribution in [3.8, 4) is 0 Å². The van der Waals surface area contributed by atoms with Gasteiger partial charge in [-0.2, -0.15) is 0 Å². The van der Waals surface area contributed by atoms with Gasteiger partial charge in [0.1, 0.15) is 5.52 Å². The molecule has 0 aliphatic rings. The van der Waals surface area contributed by atoms with Crippen LogP contribution >= 0.6 is 35.5 Å². The smallest absolute Gasteiger partial charge is 0.260 e. The number of likely N-dealkylation sites (N-methyl/N-ethyl adjacent to an activating group) is 1. The first-order chi connectivity index (χ1) is 14.8. The van der Waals surface area contributed by atoms with E-state index in [0.717, 1.165) is 22.7 Å². The second kappa shape index (κ2) is 11.5. The molecule has 3 rings (SSSR count). The van der Waals surface area contributed by atoms with Crippen LogP contribution in [0.15, 0.2) is 52.3 Å². The van der Waals surface area contributed by atoms with Gasteiger partial charge in [-0.3, -0.25) is 9.69 Å². The standard InChI is InChI=1S/C22H27N3O3S3.ClH/c1-5-24(6-2)13-14-25(21(26)16-9-7-10-17(15-16)29-3)22-23-20-18(30-22)11-8-12-19(20)31(4,27)28;/h7-12,15H,5-6,13-14H2,1-4H3;1H. The van der Waals surface area contributed by atoms with Gasteiger partial charge >= 0.3 is 0 Å². The molecule has 0 bridgehead atoms. The number of para-hydroxylation sites is 1. The van der Waals surface area contributed by atoms with Crippen molar-refractivity contribution in [1.29, 1.82) is 0 Å². The maximum absolute atomic E-state index is 13.5. The topological polar surface area (TPSA) is 70.6 Å². The molecule has 1 heterocycles. The first-order valence-electron chi connectivity index (χ1n) is 10.1. The highest BCUT2D eigenvalue weighted by Crippen LogP contribution is 2.33. The van der Waals surface area contributed by atoms with Crippen LogP contribution in [-0.2, 0) is 9.84 Å². The van der Waals surface area contributed by atoms with Gasteiger partial charge in [0.15, 0.2) is 15.0 Å². The van der Waals surface area contributed by atoms with Gasteiger partial charge in [-0.25, -0.2) is 13.4 Å². The van der Waals surface area contributed by atoms with Crippen LogP contribution in [0.1, 0.15) is 24.2 Å². The number of halogens is 1. The van der Waals surface area contributed by atoms with Gasteiger partial charge in [0.05, 0.1) is 9.60 Å². The van der Waals surface area contributed by atoms with Crippen molar-refractivity contribution in [1.82, 2.24) is 9.88 Å². The van der Waals surface area contributed by atoms with Gasteiger partial charge in [-0.15, -0.1) is 24.2 Å². The molecule has 0 radical (unpaired) electrons. The zero-order valence-electron chi connectivity index (χ0n) is 18.6. The number of rotatable bonds is 9. The van der Waals surface area contributed by atoms with Crippen LogP contribution in [0.2, 0.25) is 0 Å². The normalized spacial score (nSPS) is 11.5. The van der Waals surface area contributed by atoms with Gasteiger partial charge in [-0.05, 0) is 49.7 Å². The lowest BCUT2D eigenvalue weighted by atomic mass is 10.2. The molecule has 0 N–H and O–H groups in total. The fourth-order valence-corrected chi connectivity index (χ4v) is 5.68. The maximum atomic E-state index is 13.5. The second-order valence-electron chi connectivity index (χ2n) is 7.09. The largest absolute Gasteiger partial charge is 0.302 e. The minimum atomic E-state index is -3.43. The number of carbonyl (C=O) groups is 1. The Labute approximate surface area is 204 Å². The van der Waals surface area contributed by atoms with Crippen LogP contribution in [0, 0.1) is 0 Å². The number of nitrogens with zero attached hydrogens (tertiary/aromatic N) is 3. The Kier molecular flexibility index (Phi) is 9.53. The average molecular weight is 514 g/mol. The van der Waals surface area contributed by atoms with E-state index >= 15 is 0 Å². The Morgan fingerprint density at radius 3 is 2.41 bits per heavy atom. The number of amides is 1. The van der Waals surface area contributed by atoms with E-state index in [2.05, 4.69) is 23.7 Å². The van der Waals surface area contributed by atoms with Crippen LogP contribution in [0.4, 0.5) is 5.13 Å². The molecule has 0 atom stereocenters. The lowest BCUT2D eigenvalue weighted by Crippen LogP contribution is -2.38. The SMILES string of the molecule is CCN(CC)CCN(C(=O)c1cccc(SC)c1)c1nc2c(S(C)(=O)=O)cccc2s1.Cl. The molecule has 3 aromatic rings. The van der Waals surface area contributed by atoms with Crippen molar-refractivity contribution in [2.24, 2.45) is 0 Å². The molecular weight excluding hydrogens is 486 g/mol. The zero-order valence-corrected chi connectivity index (χ0v) is 21.8. The number of thioether (sulfide) groups is 1. The molecule has 1 aromatic heterocycles. The summed E-state index contributed by atoms with van der Waals surface area (Å²) in [6, 6.07) is 12.6. The summed E-state index contributed by atoms with van der Waals surface area (Å²) in [4.78, 5) is 23.2. The van der Waals surface area contributed by atoms with E-state index in [-0.39, 0.29) is 23.2 Å². The molecule has 0 aliphatic carbocycles. The molecule has 0 aliphatic heterocycles. The fourth-order valence-electron chi connectivity index (χ4n) is 3.30. The lowest BCUT2D eigenvalue weighted by molar-refractivity contribution is 0.0983. The summed E-state index contributed by atoms with van der Waals surface area (Å²) in [7, 11) is -3.43. The molecule has 0 saturated heterocycles. The molecule has 32 heavy (non-hydrogen) atoms. The third kappa shape index (κ3) is 6.02. The third-order valence-corrected chi connectivity index (χ3v) is 7.99. The Hall–Kier alpha value is -1.65. The quantitative estimate of drug-likeness (QED) is 0.381. The summed E-state index contributed by atoms with van der Waals surface area (Å²) in [5.74, 6) is -0.136.